The Bertz CT molecular complexity index is 1150. The average molecular weight is 544 g/mol. The van der Waals surface area contributed by atoms with Crippen LogP contribution in [-0.2, 0) is 4.74 Å². The van der Waals surface area contributed by atoms with Crippen molar-refractivity contribution < 1.29 is 40.3 Å². The van der Waals surface area contributed by atoms with Crippen molar-refractivity contribution in [3.63, 3.8) is 0 Å². The van der Waals surface area contributed by atoms with Gasteiger partial charge in [-0.15, -0.1) is 0 Å². The molecule has 7 nitrogen and oxygen atoms in total. The number of carbonyl (C=O) groups is 1. The molecule has 15 heteroatoms. The highest BCUT2D eigenvalue weighted by molar-refractivity contribution is 6.34. The van der Waals surface area contributed by atoms with Crippen LogP contribution in [0.15, 0.2) is 47.0 Å². The van der Waals surface area contributed by atoms with Crippen LogP contribution in [0.25, 0.3) is 11.1 Å². The maximum Gasteiger partial charge on any atom is 0.459 e. The van der Waals surface area contributed by atoms with Gasteiger partial charge in [0.1, 0.15) is 12.3 Å². The number of hydrogen-bond acceptors (Lipinski definition) is 5. The normalized spacial score (nSPS) is 13.6. The smallest absolute Gasteiger partial charge is 0.459 e. The van der Waals surface area contributed by atoms with E-state index in [2.05, 4.69) is 20.1 Å². The number of nitrogens with zero attached hydrogens (tertiary/aromatic N) is 3. The van der Waals surface area contributed by atoms with Gasteiger partial charge in [0.05, 0.1) is 16.8 Å². The highest BCUT2D eigenvalue weighted by Gasteiger charge is 2.61. The monoisotopic (exact) mass is 543 g/mol. The summed E-state index contributed by atoms with van der Waals surface area (Å²) in [5.41, 5.74) is 3.64. The Morgan fingerprint density at radius 3 is 2.47 bits per heavy atom. The molecule has 1 amide bonds. The molecule has 0 aliphatic heterocycles. The van der Waals surface area contributed by atoms with E-state index in [1.54, 1.807) is 0 Å². The molecule has 198 valence electrons. The largest absolute Gasteiger partial charge is 0.482 e. The van der Waals surface area contributed by atoms with Gasteiger partial charge in [0.15, 0.2) is 11.6 Å². The van der Waals surface area contributed by atoms with Gasteiger partial charge in [-0.05, 0) is 24.1 Å². The number of benzene rings is 1. The number of carbonyl (C=O) groups excluding carboxylic acids is 1. The zero-order valence-electron chi connectivity index (χ0n) is 18.8. The molecule has 36 heavy (non-hydrogen) atoms. The van der Waals surface area contributed by atoms with Crippen molar-refractivity contribution in [2.75, 3.05) is 20.2 Å². The van der Waals surface area contributed by atoms with Gasteiger partial charge in [-0.25, -0.2) is 13.5 Å². The zero-order valence-corrected chi connectivity index (χ0v) is 19.6. The summed E-state index contributed by atoms with van der Waals surface area (Å²) in [6, 6.07) is 4.33. The minimum absolute atomic E-state index is 0.120. The molecule has 0 spiro atoms. The molecule has 1 aromatic heterocycles. The van der Waals surface area contributed by atoms with Gasteiger partial charge in [0.25, 0.3) is 12.3 Å². The topological polar surface area (TPSA) is 94.5 Å². The quantitative estimate of drug-likeness (QED) is 0.204. The molecule has 0 fully saturated rings. The van der Waals surface area contributed by atoms with Crippen molar-refractivity contribution in [1.29, 1.82) is 0 Å². The third kappa shape index (κ3) is 6.47. The van der Waals surface area contributed by atoms with Crippen LogP contribution in [-0.4, -0.2) is 60.2 Å². The lowest BCUT2D eigenvalue weighted by molar-refractivity contribution is -0.265. The van der Waals surface area contributed by atoms with E-state index < -0.39 is 48.3 Å². The number of nitrogens with two attached hydrogens (primary N) is 1. The first-order valence-corrected chi connectivity index (χ1v) is 10.6. The molecular formula is C21H21ClF7N5O2. The van der Waals surface area contributed by atoms with E-state index >= 15 is 0 Å². The first-order valence-electron chi connectivity index (χ1n) is 10.2. The third-order valence-corrected chi connectivity index (χ3v) is 4.92. The molecule has 0 unspecified atom stereocenters. The van der Waals surface area contributed by atoms with E-state index in [1.165, 1.54) is 24.4 Å². The molecule has 0 aliphatic carbocycles. The lowest BCUT2D eigenvalue weighted by Crippen LogP contribution is -2.43. The maximum atomic E-state index is 13.9. The molecule has 1 aromatic carbocycles. The number of ether oxygens (including phenoxy) is 1. The number of alkyl halides is 7. The molecule has 0 saturated carbocycles. The van der Waals surface area contributed by atoms with Gasteiger partial charge in [-0.3, -0.25) is 9.79 Å². The first-order chi connectivity index (χ1) is 16.7. The van der Waals surface area contributed by atoms with E-state index in [0.717, 1.165) is 17.9 Å². The van der Waals surface area contributed by atoms with Crippen molar-refractivity contribution in [3.05, 3.63) is 52.6 Å². The molecule has 2 aromatic rings. The van der Waals surface area contributed by atoms with Crippen LogP contribution in [0.1, 0.15) is 23.7 Å². The molecule has 3 N–H and O–H groups in total. The predicted octanol–water partition coefficient (Wildman–Crippen LogP) is 4.87. The van der Waals surface area contributed by atoms with Crippen LogP contribution in [0.4, 0.5) is 30.7 Å². The second kappa shape index (κ2) is 11.6. The Hall–Kier alpha value is -3.29. The fourth-order valence-electron chi connectivity index (χ4n) is 2.81. The first kappa shape index (κ1) is 28.9. The van der Waals surface area contributed by atoms with Gasteiger partial charge in [0.2, 0.25) is 0 Å². The van der Waals surface area contributed by atoms with Crippen LogP contribution in [0.2, 0.25) is 5.02 Å². The Morgan fingerprint density at radius 2 is 1.92 bits per heavy atom. The lowest BCUT2D eigenvalue weighted by Gasteiger charge is -2.23. The van der Waals surface area contributed by atoms with Crippen molar-refractivity contribution >= 4 is 23.3 Å². The number of amides is 1. The number of aromatic nitrogens is 2. The standard InChI is InChI=1S/C21H21ClF7N5O2/c1-3-6-32-19(35)13-7-11(4-5-14(13)22)12-8-33-34(9-12)18(31-2)16(36-10-15(23)24)17(30)20(25,26)21(27,28)29/h4-5,7-9,15H,3,6,10,30H2,1-2H3,(H,32,35). The summed E-state index contributed by atoms with van der Waals surface area (Å²) in [7, 11) is 0.986. The Kier molecular flexibility index (Phi) is 9.35. The van der Waals surface area contributed by atoms with Crippen molar-refractivity contribution in [1.82, 2.24) is 15.1 Å². The highest BCUT2D eigenvalue weighted by Crippen LogP contribution is 2.40. The third-order valence-electron chi connectivity index (χ3n) is 4.59. The molecule has 0 bridgehead atoms. The Labute approximate surface area is 205 Å². The van der Waals surface area contributed by atoms with E-state index in [-0.39, 0.29) is 16.1 Å². The van der Waals surface area contributed by atoms with Gasteiger partial charge < -0.3 is 15.8 Å². The second-order valence-electron chi connectivity index (χ2n) is 7.19. The molecule has 0 radical (unpaired) electrons. The van der Waals surface area contributed by atoms with Crippen LogP contribution in [0.3, 0.4) is 0 Å². The molecule has 0 aliphatic rings. The number of nitrogens with one attached hydrogen (secondary N) is 1. The van der Waals surface area contributed by atoms with Crippen LogP contribution in [0.5, 0.6) is 0 Å². The van der Waals surface area contributed by atoms with Crippen LogP contribution < -0.4 is 11.1 Å². The minimum atomic E-state index is -6.14. The van der Waals surface area contributed by atoms with Crippen LogP contribution >= 0.6 is 11.6 Å². The number of allylic oxidation sites excluding steroid dienone is 2. The summed E-state index contributed by atoms with van der Waals surface area (Å²) in [6.45, 7) is 0.709. The fourth-order valence-corrected chi connectivity index (χ4v) is 3.02. The molecular weight excluding hydrogens is 523 g/mol. The SMILES string of the molecule is CCCNC(=O)c1cc(-c2cnn(C(=NC)C(OCC(F)F)=C(N)C(F)(F)C(F)(F)F)c2)ccc1Cl. The minimum Gasteiger partial charge on any atom is -0.482 e. The number of rotatable bonds is 9. The van der Waals surface area contributed by atoms with Gasteiger partial charge in [0, 0.05) is 25.4 Å². The number of aliphatic imine (C=N–C) groups is 1. The Balaban J connectivity index is 2.54. The predicted molar refractivity (Wildman–Crippen MR) is 118 cm³/mol. The summed E-state index contributed by atoms with van der Waals surface area (Å²) in [5, 5.41) is 6.65. The molecule has 0 saturated heterocycles. The average Bonchev–Trinajstić information content (AvgIpc) is 3.28. The number of halogens is 8. The van der Waals surface area contributed by atoms with Gasteiger partial charge in [-0.2, -0.15) is 27.1 Å². The Morgan fingerprint density at radius 1 is 1.25 bits per heavy atom. The molecule has 0 atom stereocenters. The molecule has 1 heterocycles. The fraction of sp³-hybridized carbons (Fsp3) is 0.381. The second-order valence-corrected chi connectivity index (χ2v) is 7.60. The maximum absolute atomic E-state index is 13.9. The van der Waals surface area contributed by atoms with Crippen molar-refractivity contribution in [3.8, 4) is 11.1 Å². The number of hydrogen-bond donors (Lipinski definition) is 2. The summed E-state index contributed by atoms with van der Waals surface area (Å²) in [4.78, 5) is 15.9. The molecule has 2 rings (SSSR count). The summed E-state index contributed by atoms with van der Waals surface area (Å²) in [5.74, 6) is -8.30. The summed E-state index contributed by atoms with van der Waals surface area (Å²) in [6.07, 6.45) is -6.36. The van der Waals surface area contributed by atoms with E-state index in [1.807, 2.05) is 6.92 Å². The van der Waals surface area contributed by atoms with Gasteiger partial charge >= 0.3 is 12.1 Å². The summed E-state index contributed by atoms with van der Waals surface area (Å²) >= 11 is 6.09. The van der Waals surface area contributed by atoms with Crippen molar-refractivity contribution in [2.45, 2.75) is 31.9 Å². The van der Waals surface area contributed by atoms with Crippen LogP contribution in [0, 0.1) is 0 Å². The summed E-state index contributed by atoms with van der Waals surface area (Å²) < 4.78 is 97.1. The van der Waals surface area contributed by atoms with E-state index in [4.69, 9.17) is 17.3 Å². The zero-order chi connectivity index (χ0) is 27.3. The highest BCUT2D eigenvalue weighted by atomic mass is 35.5. The van der Waals surface area contributed by atoms with E-state index in [9.17, 15) is 35.5 Å². The van der Waals surface area contributed by atoms with Gasteiger partial charge in [-0.1, -0.05) is 24.6 Å². The van der Waals surface area contributed by atoms with Crippen molar-refractivity contribution in [2.24, 2.45) is 10.7 Å². The lowest BCUT2D eigenvalue weighted by atomic mass is 10.1. The van der Waals surface area contributed by atoms with E-state index in [0.29, 0.717) is 18.5 Å².